The van der Waals surface area contributed by atoms with E-state index in [1.807, 2.05) is 0 Å². The van der Waals surface area contributed by atoms with Crippen LogP contribution in [0.25, 0.3) is 0 Å². The van der Waals surface area contributed by atoms with Crippen molar-refractivity contribution >= 4 is 34.8 Å². The molecule has 8 heteroatoms. The van der Waals surface area contributed by atoms with Crippen LogP contribution in [-0.4, -0.2) is 41.7 Å². The number of Topliss-reactive ketones (excluding diaryl/α,β-unsaturated/α-hetero) is 1. The molecule has 0 aliphatic carbocycles. The highest BCUT2D eigenvalue weighted by molar-refractivity contribution is 8.14. The lowest BCUT2D eigenvalue weighted by molar-refractivity contribution is -0.155. The fourth-order valence-electron chi connectivity index (χ4n) is 1.21. The summed E-state index contributed by atoms with van der Waals surface area (Å²) in [6, 6.07) is 0. The number of hydrogen-bond donors (Lipinski definition) is 0. The van der Waals surface area contributed by atoms with Gasteiger partial charge in [0.1, 0.15) is 5.78 Å². The molecular formula is C14H22O7S. The zero-order valence-electron chi connectivity index (χ0n) is 13.2. The third-order valence-corrected chi connectivity index (χ3v) is 3.38. The molecule has 0 amide bonds. The maximum absolute atomic E-state index is 11.7. The Morgan fingerprint density at radius 2 is 1.59 bits per heavy atom. The molecule has 0 rings (SSSR count). The van der Waals surface area contributed by atoms with Gasteiger partial charge in [-0.1, -0.05) is 13.8 Å². The summed E-state index contributed by atoms with van der Waals surface area (Å²) in [5, 5.41) is -1.36. The summed E-state index contributed by atoms with van der Waals surface area (Å²) in [7, 11) is 0. The Labute approximate surface area is 134 Å². The highest BCUT2D eigenvalue weighted by Crippen LogP contribution is 2.17. The van der Waals surface area contributed by atoms with Crippen molar-refractivity contribution in [1.82, 2.24) is 0 Å². The fourth-order valence-corrected chi connectivity index (χ4v) is 1.86. The van der Waals surface area contributed by atoms with Crippen LogP contribution in [0.5, 0.6) is 0 Å². The van der Waals surface area contributed by atoms with Crippen LogP contribution in [0, 0.1) is 5.92 Å². The van der Waals surface area contributed by atoms with Gasteiger partial charge >= 0.3 is 17.2 Å². The van der Waals surface area contributed by atoms with Gasteiger partial charge in [0.15, 0.2) is 0 Å². The number of rotatable bonds is 9. The minimum Gasteiger partial charge on any atom is -0.466 e. The Morgan fingerprint density at radius 3 is 2.14 bits per heavy atom. The smallest absolute Gasteiger partial charge is 0.370 e. The Kier molecular flexibility index (Phi) is 10.3. The molecule has 0 aromatic heterocycles. The Hall–Kier alpha value is -1.57. The molecule has 126 valence electrons. The number of thioether (sulfide) groups is 1. The summed E-state index contributed by atoms with van der Waals surface area (Å²) in [4.78, 5) is 45.5. The van der Waals surface area contributed by atoms with E-state index in [1.54, 1.807) is 27.7 Å². The van der Waals surface area contributed by atoms with E-state index in [9.17, 15) is 19.2 Å². The van der Waals surface area contributed by atoms with Crippen molar-refractivity contribution in [2.45, 2.75) is 45.8 Å². The van der Waals surface area contributed by atoms with Crippen LogP contribution in [0.2, 0.25) is 0 Å². The molecule has 0 aliphatic rings. The summed E-state index contributed by atoms with van der Waals surface area (Å²) in [6.45, 7) is 6.32. The van der Waals surface area contributed by atoms with Gasteiger partial charge < -0.3 is 14.2 Å². The molecule has 1 atom stereocenters. The maximum Gasteiger partial charge on any atom is 0.370 e. The predicted octanol–water partition coefficient (Wildman–Crippen LogP) is 2.31. The van der Waals surface area contributed by atoms with E-state index < -0.39 is 29.3 Å². The number of esters is 2. The van der Waals surface area contributed by atoms with Gasteiger partial charge in [0.2, 0.25) is 6.79 Å². The first-order chi connectivity index (χ1) is 10.3. The van der Waals surface area contributed by atoms with Crippen LogP contribution in [0.3, 0.4) is 0 Å². The molecule has 0 aromatic rings. The van der Waals surface area contributed by atoms with E-state index in [0.717, 1.165) is 0 Å². The average molecular weight is 334 g/mol. The second-order valence-electron chi connectivity index (χ2n) is 4.66. The van der Waals surface area contributed by atoms with Crippen molar-refractivity contribution in [2.24, 2.45) is 5.92 Å². The molecule has 0 fully saturated rings. The van der Waals surface area contributed by atoms with Gasteiger partial charge in [-0.05, 0) is 25.6 Å². The molecule has 0 bridgehead atoms. The molecule has 0 aliphatic heterocycles. The van der Waals surface area contributed by atoms with Crippen molar-refractivity contribution in [1.29, 1.82) is 0 Å². The molecule has 22 heavy (non-hydrogen) atoms. The fraction of sp³-hybridized carbons (Fsp3) is 0.714. The topological polar surface area (TPSA) is 96.0 Å². The van der Waals surface area contributed by atoms with Crippen molar-refractivity contribution in [3.8, 4) is 0 Å². The molecule has 0 spiro atoms. The number of ketones is 1. The SMILES string of the molecule is CCOC(=O)CCC(=O)C(C)SC(=O)OCOC(=O)C(C)C. The van der Waals surface area contributed by atoms with Crippen molar-refractivity contribution in [3.63, 3.8) is 0 Å². The molecule has 0 heterocycles. The van der Waals surface area contributed by atoms with Crippen LogP contribution in [0.1, 0.15) is 40.5 Å². The van der Waals surface area contributed by atoms with E-state index in [4.69, 9.17) is 4.74 Å². The normalized spacial score (nSPS) is 11.7. The summed E-state index contributed by atoms with van der Waals surface area (Å²) in [5.41, 5.74) is 0. The van der Waals surface area contributed by atoms with E-state index in [1.165, 1.54) is 0 Å². The van der Waals surface area contributed by atoms with E-state index in [2.05, 4.69) is 9.47 Å². The summed E-state index contributed by atoms with van der Waals surface area (Å²) in [5.74, 6) is -1.49. The van der Waals surface area contributed by atoms with Crippen molar-refractivity contribution in [3.05, 3.63) is 0 Å². The maximum atomic E-state index is 11.7. The van der Waals surface area contributed by atoms with Gasteiger partial charge in [0, 0.05) is 6.42 Å². The van der Waals surface area contributed by atoms with Gasteiger partial charge in [-0.3, -0.25) is 14.4 Å². The van der Waals surface area contributed by atoms with Crippen molar-refractivity contribution in [2.75, 3.05) is 13.4 Å². The second kappa shape index (κ2) is 11.1. The van der Waals surface area contributed by atoms with E-state index in [0.29, 0.717) is 11.8 Å². The van der Waals surface area contributed by atoms with Crippen LogP contribution in [0.15, 0.2) is 0 Å². The molecule has 1 unspecified atom stereocenters. The Balaban J connectivity index is 3.96. The van der Waals surface area contributed by atoms with Crippen molar-refractivity contribution < 1.29 is 33.4 Å². The quantitative estimate of drug-likeness (QED) is 0.468. The highest BCUT2D eigenvalue weighted by atomic mass is 32.2. The average Bonchev–Trinajstić information content (AvgIpc) is 2.44. The highest BCUT2D eigenvalue weighted by Gasteiger charge is 2.20. The molecule has 0 saturated heterocycles. The molecule has 0 N–H and O–H groups in total. The zero-order chi connectivity index (χ0) is 17.1. The first-order valence-electron chi connectivity index (χ1n) is 6.96. The number of carbonyl (C=O) groups excluding carboxylic acids is 4. The third-order valence-electron chi connectivity index (χ3n) is 2.46. The molecule has 7 nitrogen and oxygen atoms in total. The summed E-state index contributed by atoms with van der Waals surface area (Å²) >= 11 is 0.679. The Morgan fingerprint density at radius 1 is 0.955 bits per heavy atom. The molecule has 0 radical (unpaired) electrons. The lowest BCUT2D eigenvalue weighted by atomic mass is 10.2. The standard InChI is InChI=1S/C14H22O7S/c1-5-19-12(16)7-6-11(15)10(4)22-14(18)21-8-20-13(17)9(2)3/h9-10H,5-8H2,1-4H3. The number of ether oxygens (including phenoxy) is 3. The largest absolute Gasteiger partial charge is 0.466 e. The zero-order valence-corrected chi connectivity index (χ0v) is 14.1. The van der Waals surface area contributed by atoms with Crippen LogP contribution in [0.4, 0.5) is 4.79 Å². The number of carbonyl (C=O) groups is 4. The van der Waals surface area contributed by atoms with Gasteiger partial charge in [0.25, 0.3) is 0 Å². The summed E-state index contributed by atoms with van der Waals surface area (Å²) in [6.07, 6.45) is -0.0127. The first kappa shape index (κ1) is 20.4. The van der Waals surface area contributed by atoms with Gasteiger partial charge in [-0.25, -0.2) is 4.79 Å². The molecule has 0 aromatic carbocycles. The second-order valence-corrected chi connectivity index (χ2v) is 5.94. The minimum atomic E-state index is -0.714. The Bertz CT molecular complexity index is 406. The van der Waals surface area contributed by atoms with Gasteiger partial charge in [-0.2, -0.15) is 0 Å². The first-order valence-corrected chi connectivity index (χ1v) is 7.84. The molecular weight excluding hydrogens is 312 g/mol. The predicted molar refractivity (Wildman–Crippen MR) is 80.2 cm³/mol. The van der Waals surface area contributed by atoms with Gasteiger partial charge in [-0.15, -0.1) is 0 Å². The third kappa shape index (κ3) is 9.38. The molecule has 0 saturated carbocycles. The monoisotopic (exact) mass is 334 g/mol. The van der Waals surface area contributed by atoms with Crippen LogP contribution >= 0.6 is 11.8 Å². The lowest BCUT2D eigenvalue weighted by Gasteiger charge is -2.10. The minimum absolute atomic E-state index is 0.00259. The van der Waals surface area contributed by atoms with E-state index >= 15 is 0 Å². The van der Waals surface area contributed by atoms with Crippen LogP contribution in [-0.2, 0) is 28.6 Å². The number of hydrogen-bond acceptors (Lipinski definition) is 8. The van der Waals surface area contributed by atoms with Crippen LogP contribution < -0.4 is 0 Å². The summed E-state index contributed by atoms with van der Waals surface area (Å²) < 4.78 is 14.1. The van der Waals surface area contributed by atoms with E-state index in [-0.39, 0.29) is 31.1 Å². The lowest BCUT2D eigenvalue weighted by Crippen LogP contribution is -2.19. The van der Waals surface area contributed by atoms with Gasteiger partial charge in [0.05, 0.1) is 24.2 Å².